The smallest absolute Gasteiger partial charge is 0.231 e. The van der Waals surface area contributed by atoms with Crippen LogP contribution in [0.1, 0.15) is 17.5 Å². The second kappa shape index (κ2) is 6.20. The predicted molar refractivity (Wildman–Crippen MR) is 86.9 cm³/mol. The second-order valence-corrected chi connectivity index (χ2v) is 5.65. The predicted octanol–water partition coefficient (Wildman–Crippen LogP) is 2.92. The number of rotatable bonds is 4. The number of amides is 2. The highest BCUT2D eigenvalue weighted by Crippen LogP contribution is 2.30. The standard InChI is InChI=1S/C18H17FN2O2/c1-21-16-7-6-15(10-13(16)11-18(21)23)20-17(22)8-5-12-3-2-4-14(19)9-12/h2-4,6-7,9-10H,5,8,11H2,1H3,(H,20,22). The maximum atomic E-state index is 13.1. The van der Waals surface area contributed by atoms with Crippen LogP contribution >= 0.6 is 0 Å². The number of nitrogens with one attached hydrogen (secondary N) is 1. The van der Waals surface area contributed by atoms with Crippen molar-refractivity contribution in [1.82, 2.24) is 0 Å². The van der Waals surface area contributed by atoms with Gasteiger partial charge in [0.05, 0.1) is 6.42 Å². The summed E-state index contributed by atoms with van der Waals surface area (Å²) in [4.78, 5) is 25.3. The fraction of sp³-hybridized carbons (Fsp3) is 0.222. The fourth-order valence-electron chi connectivity index (χ4n) is 2.72. The molecule has 5 heteroatoms. The minimum Gasteiger partial charge on any atom is -0.326 e. The highest BCUT2D eigenvalue weighted by Gasteiger charge is 2.23. The van der Waals surface area contributed by atoms with Crippen molar-refractivity contribution in [3.63, 3.8) is 0 Å². The lowest BCUT2D eigenvalue weighted by molar-refractivity contribution is -0.117. The summed E-state index contributed by atoms with van der Waals surface area (Å²) in [6.45, 7) is 0. The van der Waals surface area contributed by atoms with E-state index in [9.17, 15) is 14.0 Å². The van der Waals surface area contributed by atoms with Crippen molar-refractivity contribution in [2.45, 2.75) is 19.3 Å². The Morgan fingerprint density at radius 2 is 2.09 bits per heavy atom. The average molecular weight is 312 g/mol. The first-order valence-corrected chi connectivity index (χ1v) is 7.47. The summed E-state index contributed by atoms with van der Waals surface area (Å²) in [5.41, 5.74) is 3.27. The molecule has 1 aliphatic rings. The summed E-state index contributed by atoms with van der Waals surface area (Å²) in [5, 5.41) is 2.82. The van der Waals surface area contributed by atoms with Crippen molar-refractivity contribution in [3.05, 3.63) is 59.4 Å². The number of anilines is 2. The molecule has 0 fully saturated rings. The van der Waals surface area contributed by atoms with Crippen LogP contribution in [0.25, 0.3) is 0 Å². The third-order valence-corrected chi connectivity index (χ3v) is 3.97. The Kier molecular flexibility index (Phi) is 4.10. The second-order valence-electron chi connectivity index (χ2n) is 5.65. The summed E-state index contributed by atoms with van der Waals surface area (Å²) in [6.07, 6.45) is 1.12. The maximum absolute atomic E-state index is 13.1. The van der Waals surface area contributed by atoms with Crippen LogP contribution in [0.15, 0.2) is 42.5 Å². The summed E-state index contributed by atoms with van der Waals surface area (Å²) in [5.74, 6) is -0.378. The number of benzene rings is 2. The SMILES string of the molecule is CN1C(=O)Cc2cc(NC(=O)CCc3cccc(F)c3)ccc21. The lowest BCUT2D eigenvalue weighted by Gasteiger charge is -2.11. The molecule has 1 aliphatic heterocycles. The number of halogens is 1. The topological polar surface area (TPSA) is 49.4 Å². The Balaban J connectivity index is 1.60. The Bertz CT molecular complexity index is 773. The van der Waals surface area contributed by atoms with Crippen LogP contribution in [-0.2, 0) is 22.4 Å². The van der Waals surface area contributed by atoms with Gasteiger partial charge in [0.15, 0.2) is 0 Å². The van der Waals surface area contributed by atoms with Crippen LogP contribution < -0.4 is 10.2 Å². The molecular weight excluding hydrogens is 295 g/mol. The van der Waals surface area contributed by atoms with Crippen LogP contribution in [0.4, 0.5) is 15.8 Å². The Morgan fingerprint density at radius 3 is 2.87 bits per heavy atom. The number of aryl methyl sites for hydroxylation is 1. The van der Waals surface area contributed by atoms with E-state index < -0.39 is 0 Å². The van der Waals surface area contributed by atoms with Gasteiger partial charge in [-0.2, -0.15) is 0 Å². The van der Waals surface area contributed by atoms with E-state index in [0.29, 0.717) is 18.5 Å². The molecule has 0 aromatic heterocycles. The zero-order valence-electron chi connectivity index (χ0n) is 12.8. The van der Waals surface area contributed by atoms with E-state index in [4.69, 9.17) is 0 Å². The number of nitrogens with zero attached hydrogens (tertiary/aromatic N) is 1. The van der Waals surface area contributed by atoms with Crippen molar-refractivity contribution in [2.75, 3.05) is 17.3 Å². The van der Waals surface area contributed by atoms with Gasteiger partial charge in [-0.1, -0.05) is 12.1 Å². The highest BCUT2D eigenvalue weighted by atomic mass is 19.1. The third kappa shape index (κ3) is 3.39. The molecule has 0 spiro atoms. The van der Waals surface area contributed by atoms with Crippen LogP contribution in [0, 0.1) is 5.82 Å². The molecule has 2 aromatic rings. The molecule has 0 aliphatic carbocycles. The molecular formula is C18H17FN2O2. The molecule has 0 radical (unpaired) electrons. The number of carbonyl (C=O) groups excluding carboxylic acids is 2. The van der Waals surface area contributed by atoms with Crippen molar-refractivity contribution in [3.8, 4) is 0 Å². The van der Waals surface area contributed by atoms with Gasteiger partial charge in [-0.25, -0.2) is 4.39 Å². The lowest BCUT2D eigenvalue weighted by Crippen LogP contribution is -2.20. The summed E-state index contributed by atoms with van der Waals surface area (Å²) < 4.78 is 13.1. The summed E-state index contributed by atoms with van der Waals surface area (Å²) >= 11 is 0. The lowest BCUT2D eigenvalue weighted by atomic mass is 10.1. The summed E-state index contributed by atoms with van der Waals surface area (Å²) in [7, 11) is 1.74. The number of likely N-dealkylation sites (N-methyl/N-ethyl adjacent to an activating group) is 1. The van der Waals surface area contributed by atoms with Crippen LogP contribution in [0.2, 0.25) is 0 Å². The number of carbonyl (C=O) groups is 2. The quantitative estimate of drug-likeness (QED) is 0.943. The van der Waals surface area contributed by atoms with Gasteiger partial charge in [-0.3, -0.25) is 9.59 Å². The Hall–Kier alpha value is -2.69. The van der Waals surface area contributed by atoms with Crippen LogP contribution in [0.3, 0.4) is 0 Å². The van der Waals surface area contributed by atoms with E-state index in [1.165, 1.54) is 12.1 Å². The monoisotopic (exact) mass is 312 g/mol. The van der Waals surface area contributed by atoms with E-state index in [0.717, 1.165) is 16.8 Å². The van der Waals surface area contributed by atoms with Crippen molar-refractivity contribution in [1.29, 1.82) is 0 Å². The van der Waals surface area contributed by atoms with Gasteiger partial charge in [0.25, 0.3) is 0 Å². The zero-order valence-corrected chi connectivity index (χ0v) is 12.8. The van der Waals surface area contributed by atoms with Gasteiger partial charge >= 0.3 is 0 Å². The molecule has 0 bridgehead atoms. The average Bonchev–Trinajstić information content (AvgIpc) is 2.80. The van der Waals surface area contributed by atoms with Crippen molar-refractivity contribution in [2.24, 2.45) is 0 Å². The van der Waals surface area contributed by atoms with Crippen LogP contribution in [0.5, 0.6) is 0 Å². The van der Waals surface area contributed by atoms with E-state index in [2.05, 4.69) is 5.32 Å². The first-order chi connectivity index (χ1) is 11.0. The molecule has 2 amide bonds. The summed E-state index contributed by atoms with van der Waals surface area (Å²) in [6, 6.07) is 11.7. The molecule has 0 saturated heterocycles. The van der Waals surface area contributed by atoms with Crippen molar-refractivity contribution < 1.29 is 14.0 Å². The van der Waals surface area contributed by atoms with Crippen molar-refractivity contribution >= 4 is 23.2 Å². The van der Waals surface area contributed by atoms with Gasteiger partial charge in [0.2, 0.25) is 11.8 Å². The molecule has 1 heterocycles. The number of hydrogen-bond donors (Lipinski definition) is 1. The fourth-order valence-corrected chi connectivity index (χ4v) is 2.72. The normalized spacial score (nSPS) is 13.1. The van der Waals surface area contributed by atoms with E-state index >= 15 is 0 Å². The van der Waals surface area contributed by atoms with Gasteiger partial charge in [0.1, 0.15) is 5.82 Å². The van der Waals surface area contributed by atoms with Gasteiger partial charge in [-0.15, -0.1) is 0 Å². The van der Waals surface area contributed by atoms with E-state index in [-0.39, 0.29) is 24.1 Å². The minimum atomic E-state index is -0.296. The first-order valence-electron chi connectivity index (χ1n) is 7.47. The Morgan fingerprint density at radius 1 is 1.26 bits per heavy atom. The largest absolute Gasteiger partial charge is 0.326 e. The molecule has 1 N–H and O–H groups in total. The van der Waals surface area contributed by atoms with E-state index in [1.807, 2.05) is 12.1 Å². The molecule has 0 unspecified atom stereocenters. The van der Waals surface area contributed by atoms with Gasteiger partial charge in [0, 0.05) is 24.8 Å². The minimum absolute atomic E-state index is 0.0505. The van der Waals surface area contributed by atoms with Gasteiger partial charge < -0.3 is 10.2 Å². The molecule has 3 rings (SSSR count). The molecule has 2 aromatic carbocycles. The highest BCUT2D eigenvalue weighted by molar-refractivity contribution is 6.02. The molecule has 23 heavy (non-hydrogen) atoms. The first kappa shape index (κ1) is 15.2. The van der Waals surface area contributed by atoms with E-state index in [1.54, 1.807) is 30.1 Å². The molecule has 118 valence electrons. The molecule has 4 nitrogen and oxygen atoms in total. The number of fused-ring (bicyclic) bond motifs is 1. The van der Waals surface area contributed by atoms with Crippen LogP contribution in [-0.4, -0.2) is 18.9 Å². The Labute approximate surface area is 133 Å². The number of hydrogen-bond acceptors (Lipinski definition) is 2. The molecule has 0 saturated carbocycles. The maximum Gasteiger partial charge on any atom is 0.231 e. The molecule has 0 atom stereocenters. The zero-order chi connectivity index (χ0) is 16.4. The third-order valence-electron chi connectivity index (χ3n) is 3.97. The van der Waals surface area contributed by atoms with Gasteiger partial charge in [-0.05, 0) is 47.9 Å².